The number of hydrogen-bond donors (Lipinski definition) is 2. The van der Waals surface area contributed by atoms with E-state index in [4.69, 9.17) is 4.74 Å². The predicted octanol–water partition coefficient (Wildman–Crippen LogP) is 3.86. The summed E-state index contributed by atoms with van der Waals surface area (Å²) >= 11 is 0. The first-order valence-electron chi connectivity index (χ1n) is 14.2. The zero-order chi connectivity index (χ0) is 33.4. The first kappa shape index (κ1) is 33.8. The molecule has 2 saturated heterocycles. The fourth-order valence-electron chi connectivity index (χ4n) is 5.41. The highest BCUT2D eigenvalue weighted by molar-refractivity contribution is 6.09. The van der Waals surface area contributed by atoms with Crippen molar-refractivity contribution in [2.45, 2.75) is 57.1 Å². The molecule has 1 atom stereocenters. The Bertz CT molecular complexity index is 1410. The lowest BCUT2D eigenvalue weighted by atomic mass is 9.92. The topological polar surface area (TPSA) is 115 Å². The Labute approximate surface area is 254 Å². The van der Waals surface area contributed by atoms with Crippen LogP contribution in [-0.4, -0.2) is 89.4 Å². The molecule has 10 nitrogen and oxygen atoms in total. The van der Waals surface area contributed by atoms with Crippen LogP contribution in [0.5, 0.6) is 5.75 Å². The van der Waals surface area contributed by atoms with Gasteiger partial charge in [-0.05, 0) is 49.6 Å². The number of alkyl halides is 6. The van der Waals surface area contributed by atoms with Crippen molar-refractivity contribution < 1.29 is 50.6 Å². The summed E-state index contributed by atoms with van der Waals surface area (Å²) < 4.78 is 86.0. The number of hydrogen-bond acceptors (Lipinski definition) is 7. The van der Waals surface area contributed by atoms with Crippen molar-refractivity contribution in [3.05, 3.63) is 53.3 Å². The van der Waals surface area contributed by atoms with Crippen LogP contribution in [0.4, 0.5) is 36.8 Å². The fourth-order valence-corrected chi connectivity index (χ4v) is 5.41. The smallest absolute Gasteiger partial charge is 0.432 e. The fraction of sp³-hybridized carbons (Fsp3) is 0.517. The molecule has 3 heterocycles. The number of ether oxygens (including phenoxy) is 1. The van der Waals surface area contributed by atoms with Crippen LogP contribution in [0.1, 0.15) is 44.0 Å². The number of aromatic nitrogens is 1. The number of carbonyl (C=O) groups is 3. The number of nitrogens with zero attached hydrogens (tertiary/aromatic N) is 4. The molecule has 2 N–H and O–H groups in total. The number of anilines is 1. The molecule has 0 radical (unpaired) electrons. The summed E-state index contributed by atoms with van der Waals surface area (Å²) in [7, 11) is 0. The second-order valence-electron chi connectivity index (χ2n) is 10.9. The van der Waals surface area contributed by atoms with E-state index in [2.05, 4.69) is 10.3 Å². The van der Waals surface area contributed by atoms with Gasteiger partial charge in [-0.2, -0.15) is 26.3 Å². The van der Waals surface area contributed by atoms with E-state index < -0.39 is 53.6 Å². The summed E-state index contributed by atoms with van der Waals surface area (Å²) in [5.41, 5.74) is -7.22. The monoisotopic (exact) mass is 645 g/mol. The van der Waals surface area contributed by atoms with Crippen LogP contribution < -0.4 is 15.0 Å². The first-order valence-corrected chi connectivity index (χ1v) is 14.2. The van der Waals surface area contributed by atoms with Gasteiger partial charge in [0.2, 0.25) is 5.91 Å². The Hall–Kier alpha value is -4.08. The lowest BCUT2D eigenvalue weighted by Gasteiger charge is -2.38. The quantitative estimate of drug-likeness (QED) is 0.315. The minimum atomic E-state index is -6.06. The van der Waals surface area contributed by atoms with Crippen molar-refractivity contribution in [3.63, 3.8) is 0 Å². The van der Waals surface area contributed by atoms with Crippen molar-refractivity contribution in [2.24, 2.45) is 0 Å². The maximum absolute atomic E-state index is 13.4. The summed E-state index contributed by atoms with van der Waals surface area (Å²) in [4.78, 5) is 46.5. The van der Waals surface area contributed by atoms with Gasteiger partial charge < -0.3 is 25.0 Å². The van der Waals surface area contributed by atoms with E-state index in [9.17, 15) is 45.8 Å². The standard InChI is InChI=1S/C29H33F6N5O5/c1-4-6-18-15-22(27(44,28(30,31)32)29(33,34)35)36-16-21(18)38-11-13-39(14-12-38)23(41)17-40-24(42)26(3,37-25(40)43)19-7-9-20(10-8-19)45-5-2/h7-10,15-16,44H,4-6,11-14,17H2,1-3H3,(H,37,43). The molecular formula is C29H33F6N5O5. The number of aliphatic hydroxyl groups is 1. The Balaban J connectivity index is 1.45. The van der Waals surface area contributed by atoms with Gasteiger partial charge in [-0.15, -0.1) is 0 Å². The molecule has 0 spiro atoms. The van der Waals surface area contributed by atoms with Crippen LogP contribution in [0.2, 0.25) is 0 Å². The highest BCUT2D eigenvalue weighted by Crippen LogP contribution is 2.50. The minimum Gasteiger partial charge on any atom is -0.494 e. The molecule has 1 aromatic heterocycles. The second kappa shape index (κ2) is 12.4. The molecule has 2 aliphatic heterocycles. The van der Waals surface area contributed by atoms with Crippen molar-refractivity contribution in [3.8, 4) is 5.75 Å². The predicted molar refractivity (Wildman–Crippen MR) is 148 cm³/mol. The van der Waals surface area contributed by atoms with E-state index in [0.717, 1.165) is 11.1 Å². The van der Waals surface area contributed by atoms with Gasteiger partial charge in [0.25, 0.3) is 11.5 Å². The minimum absolute atomic E-state index is 0.0982. The van der Waals surface area contributed by atoms with Crippen LogP contribution in [-0.2, 0) is 27.1 Å². The number of pyridine rings is 1. The van der Waals surface area contributed by atoms with Gasteiger partial charge in [0.15, 0.2) is 0 Å². The normalized spacial score (nSPS) is 19.6. The van der Waals surface area contributed by atoms with Gasteiger partial charge in [-0.25, -0.2) is 4.79 Å². The van der Waals surface area contributed by atoms with Crippen LogP contribution in [0.15, 0.2) is 36.5 Å². The summed E-state index contributed by atoms with van der Waals surface area (Å²) in [5, 5.41) is 12.4. The molecule has 246 valence electrons. The van der Waals surface area contributed by atoms with Gasteiger partial charge in [-0.1, -0.05) is 25.5 Å². The third kappa shape index (κ3) is 6.24. The Morgan fingerprint density at radius 3 is 2.16 bits per heavy atom. The number of piperazine rings is 1. The average Bonchev–Trinajstić information content (AvgIpc) is 3.19. The molecule has 1 aromatic carbocycles. The third-order valence-electron chi connectivity index (χ3n) is 7.96. The van der Waals surface area contributed by atoms with E-state index in [1.54, 1.807) is 36.1 Å². The van der Waals surface area contributed by atoms with E-state index in [0.29, 0.717) is 30.4 Å². The van der Waals surface area contributed by atoms with E-state index in [-0.39, 0.29) is 43.9 Å². The van der Waals surface area contributed by atoms with Gasteiger partial charge in [-0.3, -0.25) is 19.5 Å². The number of benzene rings is 1. The SMILES string of the molecule is CCCc1cc(C(O)(C(F)(F)F)C(F)(F)F)ncc1N1CCN(C(=O)CN2C(=O)NC(C)(c3ccc(OCC)cc3)C2=O)CC1. The number of urea groups is 1. The average molecular weight is 646 g/mol. The van der Waals surface area contributed by atoms with Crippen molar-refractivity contribution in [1.82, 2.24) is 20.1 Å². The van der Waals surface area contributed by atoms with Gasteiger partial charge >= 0.3 is 18.4 Å². The lowest BCUT2D eigenvalue weighted by molar-refractivity contribution is -0.377. The molecule has 45 heavy (non-hydrogen) atoms. The second-order valence-corrected chi connectivity index (χ2v) is 10.9. The Kier molecular flexibility index (Phi) is 9.29. The molecule has 0 bridgehead atoms. The summed E-state index contributed by atoms with van der Waals surface area (Å²) in [6.45, 7) is 5.47. The number of halogens is 6. The number of aryl methyl sites for hydroxylation is 1. The highest BCUT2D eigenvalue weighted by Gasteiger charge is 2.72. The van der Waals surface area contributed by atoms with Gasteiger partial charge in [0, 0.05) is 26.2 Å². The number of amides is 4. The Morgan fingerprint density at radius 2 is 1.62 bits per heavy atom. The Morgan fingerprint density at radius 1 is 1.02 bits per heavy atom. The number of carbonyl (C=O) groups excluding carboxylic acids is 3. The molecule has 0 aliphatic carbocycles. The molecule has 0 saturated carbocycles. The van der Waals surface area contributed by atoms with Crippen molar-refractivity contribution >= 4 is 23.5 Å². The molecule has 4 amide bonds. The summed E-state index contributed by atoms with van der Waals surface area (Å²) in [6.07, 6.45) is -10.8. The molecule has 2 aromatic rings. The number of nitrogens with one attached hydrogen (secondary N) is 1. The van der Waals surface area contributed by atoms with E-state index in [1.807, 2.05) is 6.92 Å². The van der Waals surface area contributed by atoms with Crippen LogP contribution >= 0.6 is 0 Å². The zero-order valence-corrected chi connectivity index (χ0v) is 24.8. The van der Waals surface area contributed by atoms with E-state index >= 15 is 0 Å². The molecule has 4 rings (SSSR count). The molecule has 2 fully saturated rings. The zero-order valence-electron chi connectivity index (χ0n) is 24.8. The van der Waals surface area contributed by atoms with Gasteiger partial charge in [0.1, 0.15) is 17.8 Å². The van der Waals surface area contributed by atoms with Crippen LogP contribution in [0.3, 0.4) is 0 Å². The van der Waals surface area contributed by atoms with Gasteiger partial charge in [0.05, 0.1) is 24.2 Å². The van der Waals surface area contributed by atoms with Crippen LogP contribution in [0, 0.1) is 0 Å². The van der Waals surface area contributed by atoms with Crippen LogP contribution in [0.25, 0.3) is 0 Å². The lowest BCUT2D eigenvalue weighted by Crippen LogP contribution is -2.54. The molecule has 16 heteroatoms. The first-order chi connectivity index (χ1) is 21.0. The van der Waals surface area contributed by atoms with Crippen molar-refractivity contribution in [1.29, 1.82) is 0 Å². The molecule has 2 aliphatic rings. The highest BCUT2D eigenvalue weighted by atomic mass is 19.4. The summed E-state index contributed by atoms with van der Waals surface area (Å²) in [5.74, 6) is -0.543. The number of rotatable bonds is 9. The largest absolute Gasteiger partial charge is 0.494 e. The van der Waals surface area contributed by atoms with E-state index in [1.165, 1.54) is 11.8 Å². The summed E-state index contributed by atoms with van der Waals surface area (Å²) in [6, 6.07) is 6.51. The maximum Gasteiger partial charge on any atom is 0.432 e. The molecule has 1 unspecified atom stereocenters. The van der Waals surface area contributed by atoms with Crippen molar-refractivity contribution in [2.75, 3.05) is 44.2 Å². The molecular weight excluding hydrogens is 612 g/mol. The number of imide groups is 1. The third-order valence-corrected chi connectivity index (χ3v) is 7.96. The maximum atomic E-state index is 13.4.